The van der Waals surface area contributed by atoms with Crippen LogP contribution in [0.4, 0.5) is 5.69 Å². The van der Waals surface area contributed by atoms with E-state index in [1.807, 2.05) is 49.9 Å². The van der Waals surface area contributed by atoms with Gasteiger partial charge in [-0.25, -0.2) is 8.42 Å². The molecule has 1 amide bonds. The molecule has 2 unspecified atom stereocenters. The van der Waals surface area contributed by atoms with Crippen LogP contribution in [0.1, 0.15) is 37.8 Å². The maximum atomic E-state index is 13.4. The number of hydrogen-bond donors (Lipinski definition) is 1. The molecule has 2 aliphatic rings. The van der Waals surface area contributed by atoms with Gasteiger partial charge in [0.1, 0.15) is 5.75 Å². The van der Waals surface area contributed by atoms with Gasteiger partial charge in [0, 0.05) is 48.9 Å². The van der Waals surface area contributed by atoms with E-state index < -0.39 is 10.0 Å². The first-order chi connectivity index (χ1) is 18.6. The molecule has 3 atom stereocenters. The third kappa shape index (κ3) is 6.97. The Kier molecular flexibility index (Phi) is 9.28. The zero-order valence-corrected chi connectivity index (χ0v) is 24.1. The van der Waals surface area contributed by atoms with Crippen molar-refractivity contribution < 1.29 is 17.9 Å². The molecule has 39 heavy (non-hydrogen) atoms. The average Bonchev–Trinajstić information content (AvgIpc) is 2.88. The molecule has 4 rings (SSSR count). The van der Waals surface area contributed by atoms with Crippen molar-refractivity contribution in [3.63, 3.8) is 0 Å². The van der Waals surface area contributed by atoms with Crippen molar-refractivity contribution in [2.45, 2.75) is 50.6 Å². The zero-order chi connectivity index (χ0) is 28.2. The molecule has 9 nitrogen and oxygen atoms in total. The Labute approximate surface area is 232 Å². The first-order valence-corrected chi connectivity index (χ1v) is 15.0. The topological polar surface area (TPSA) is 106 Å². The van der Waals surface area contributed by atoms with Gasteiger partial charge in [-0.2, -0.15) is 9.57 Å². The second kappa shape index (κ2) is 12.5. The molecule has 10 heteroatoms. The van der Waals surface area contributed by atoms with Gasteiger partial charge in [0.15, 0.2) is 0 Å². The van der Waals surface area contributed by atoms with Gasteiger partial charge in [-0.05, 0) is 77.5 Å². The number of piperazine rings is 1. The van der Waals surface area contributed by atoms with E-state index in [1.54, 1.807) is 12.1 Å². The molecule has 0 saturated carbocycles. The van der Waals surface area contributed by atoms with E-state index in [0.29, 0.717) is 31.2 Å². The number of piperidine rings is 1. The summed E-state index contributed by atoms with van der Waals surface area (Å²) < 4.78 is 34.4. The SMILES string of the molecule is Cc1c(NC(=O)CN2CC(C)N(S(=O)(=O)c3cccc(C#N)c3)[C@@H](C)C2)cccc1OCC1CCCN(C)C1. The van der Waals surface area contributed by atoms with E-state index in [-0.39, 0.29) is 29.4 Å². The minimum atomic E-state index is -3.78. The van der Waals surface area contributed by atoms with Crippen molar-refractivity contribution in [1.29, 1.82) is 5.26 Å². The number of nitrogens with one attached hydrogen (secondary N) is 1. The first-order valence-electron chi connectivity index (χ1n) is 13.6. The van der Waals surface area contributed by atoms with Crippen LogP contribution >= 0.6 is 0 Å². The Balaban J connectivity index is 1.35. The minimum Gasteiger partial charge on any atom is -0.493 e. The third-order valence-electron chi connectivity index (χ3n) is 7.57. The number of sulfonamides is 1. The van der Waals surface area contributed by atoms with Crippen LogP contribution < -0.4 is 10.1 Å². The molecule has 2 fully saturated rings. The number of carbonyl (C=O) groups is 1. The van der Waals surface area contributed by atoms with Gasteiger partial charge in [-0.3, -0.25) is 9.69 Å². The monoisotopic (exact) mass is 553 g/mol. The summed E-state index contributed by atoms with van der Waals surface area (Å²) in [4.78, 5) is 17.4. The molecule has 0 radical (unpaired) electrons. The summed E-state index contributed by atoms with van der Waals surface area (Å²) in [5, 5.41) is 12.2. The van der Waals surface area contributed by atoms with E-state index in [1.165, 1.54) is 22.9 Å². The van der Waals surface area contributed by atoms with E-state index in [0.717, 1.165) is 36.5 Å². The van der Waals surface area contributed by atoms with Gasteiger partial charge in [0.05, 0.1) is 29.7 Å². The molecule has 1 N–H and O–H groups in total. The lowest BCUT2D eigenvalue weighted by atomic mass is 9.99. The fraction of sp³-hybridized carbons (Fsp3) is 0.517. The smallest absolute Gasteiger partial charge is 0.243 e. The van der Waals surface area contributed by atoms with Gasteiger partial charge in [-0.1, -0.05) is 12.1 Å². The molecule has 0 aliphatic carbocycles. The summed E-state index contributed by atoms with van der Waals surface area (Å²) in [6.07, 6.45) is 2.35. The second-order valence-electron chi connectivity index (χ2n) is 10.9. The quantitative estimate of drug-likeness (QED) is 0.535. The number of carbonyl (C=O) groups excluding carboxylic acids is 1. The van der Waals surface area contributed by atoms with Crippen molar-refractivity contribution in [3.8, 4) is 11.8 Å². The highest BCUT2D eigenvalue weighted by atomic mass is 32.2. The Morgan fingerprint density at radius 2 is 1.85 bits per heavy atom. The molecule has 2 aliphatic heterocycles. The van der Waals surface area contributed by atoms with Crippen LogP contribution in [0.25, 0.3) is 0 Å². The summed E-state index contributed by atoms with van der Waals surface area (Å²) in [5.41, 5.74) is 1.92. The third-order valence-corrected chi connectivity index (χ3v) is 9.70. The zero-order valence-electron chi connectivity index (χ0n) is 23.3. The molecule has 0 spiro atoms. The molecule has 2 heterocycles. The Morgan fingerprint density at radius 3 is 2.54 bits per heavy atom. The van der Waals surface area contributed by atoms with E-state index >= 15 is 0 Å². The highest BCUT2D eigenvalue weighted by Crippen LogP contribution is 2.28. The van der Waals surface area contributed by atoms with Crippen LogP contribution in [-0.2, 0) is 14.8 Å². The molecule has 2 aromatic carbocycles. The largest absolute Gasteiger partial charge is 0.493 e. The lowest BCUT2D eigenvalue weighted by Gasteiger charge is -2.43. The highest BCUT2D eigenvalue weighted by molar-refractivity contribution is 7.89. The van der Waals surface area contributed by atoms with Gasteiger partial charge >= 0.3 is 0 Å². The number of ether oxygens (including phenoxy) is 1. The molecule has 2 saturated heterocycles. The second-order valence-corrected chi connectivity index (χ2v) is 12.8. The Bertz CT molecular complexity index is 1310. The summed E-state index contributed by atoms with van der Waals surface area (Å²) in [6, 6.07) is 13.1. The van der Waals surface area contributed by atoms with Crippen LogP contribution in [0, 0.1) is 24.2 Å². The number of hydrogen-bond acceptors (Lipinski definition) is 7. The minimum absolute atomic E-state index is 0.111. The van der Waals surface area contributed by atoms with Gasteiger partial charge in [0.25, 0.3) is 0 Å². The van der Waals surface area contributed by atoms with E-state index in [2.05, 4.69) is 17.3 Å². The summed E-state index contributed by atoms with van der Waals surface area (Å²) in [6.45, 7) is 9.48. The number of benzene rings is 2. The van der Waals surface area contributed by atoms with Gasteiger partial charge < -0.3 is 15.0 Å². The standard InChI is InChI=1S/C29H39N5O4S/c1-21-16-33(17-22(2)34(21)39(36,37)26-10-5-8-24(14-26)15-30)19-29(35)31-27-11-6-12-28(23(27)3)38-20-25-9-7-13-32(4)18-25/h5-6,8,10-12,14,21-22,25H,7,9,13,16-20H2,1-4H3,(H,31,35)/t21-,22?,25?/m0/s1. The Hall–Kier alpha value is -2.97. The summed E-state index contributed by atoms with van der Waals surface area (Å²) in [7, 11) is -1.64. The van der Waals surface area contributed by atoms with Crippen LogP contribution in [0.5, 0.6) is 5.75 Å². The van der Waals surface area contributed by atoms with Crippen LogP contribution in [0.15, 0.2) is 47.4 Å². The highest BCUT2D eigenvalue weighted by Gasteiger charge is 2.39. The molecule has 210 valence electrons. The molecule has 0 aromatic heterocycles. The number of amides is 1. The number of nitrogens with zero attached hydrogens (tertiary/aromatic N) is 4. The lowest BCUT2D eigenvalue weighted by molar-refractivity contribution is -0.118. The van der Waals surface area contributed by atoms with E-state index in [9.17, 15) is 18.5 Å². The van der Waals surface area contributed by atoms with Crippen LogP contribution in [0.3, 0.4) is 0 Å². The summed E-state index contributed by atoms with van der Waals surface area (Å²) in [5.74, 6) is 1.13. The van der Waals surface area contributed by atoms with Crippen molar-refractivity contribution in [3.05, 3.63) is 53.6 Å². The molecular formula is C29H39N5O4S. The number of anilines is 1. The molecule has 2 aromatic rings. The fourth-order valence-electron chi connectivity index (χ4n) is 5.78. The maximum absolute atomic E-state index is 13.4. The van der Waals surface area contributed by atoms with Crippen molar-refractivity contribution >= 4 is 21.6 Å². The number of nitriles is 1. The van der Waals surface area contributed by atoms with Crippen LogP contribution in [-0.4, -0.2) is 86.9 Å². The first kappa shape index (κ1) is 29.0. The predicted molar refractivity (Wildman–Crippen MR) is 151 cm³/mol. The van der Waals surface area contributed by atoms with Crippen molar-refractivity contribution in [2.75, 3.05) is 51.7 Å². The number of likely N-dealkylation sites (tertiary alicyclic amines) is 1. The number of rotatable bonds is 8. The van der Waals surface area contributed by atoms with E-state index in [4.69, 9.17) is 4.74 Å². The lowest BCUT2D eigenvalue weighted by Crippen LogP contribution is -2.59. The van der Waals surface area contributed by atoms with Crippen LogP contribution in [0.2, 0.25) is 0 Å². The molecule has 0 bridgehead atoms. The average molecular weight is 554 g/mol. The summed E-state index contributed by atoms with van der Waals surface area (Å²) >= 11 is 0. The maximum Gasteiger partial charge on any atom is 0.243 e. The Morgan fingerprint density at radius 1 is 1.13 bits per heavy atom. The van der Waals surface area contributed by atoms with Crippen molar-refractivity contribution in [1.82, 2.24) is 14.1 Å². The van der Waals surface area contributed by atoms with Gasteiger partial charge in [0.2, 0.25) is 15.9 Å². The molecular weight excluding hydrogens is 514 g/mol. The predicted octanol–water partition coefficient (Wildman–Crippen LogP) is 3.31. The van der Waals surface area contributed by atoms with Crippen molar-refractivity contribution in [2.24, 2.45) is 5.92 Å². The fourth-order valence-corrected chi connectivity index (χ4v) is 7.63. The van der Waals surface area contributed by atoms with Gasteiger partial charge in [-0.15, -0.1) is 0 Å². The normalized spacial score (nSPS) is 23.2.